The number of hydrogen-bond acceptors (Lipinski definition) is 2. The number of carbonyl (C=O) groups excluding carboxylic acids is 1. The molecule has 156 valence electrons. The molecule has 0 radical (unpaired) electrons. The maximum Gasteiger partial charge on any atom is 0.343 e. The number of benzene rings is 2. The molecule has 2 nitrogen and oxygen atoms in total. The van der Waals surface area contributed by atoms with Crippen LogP contribution in [0.25, 0.3) is 0 Å². The van der Waals surface area contributed by atoms with Gasteiger partial charge < -0.3 is 4.74 Å². The number of rotatable bonds is 9. The fourth-order valence-corrected chi connectivity index (χ4v) is 4.44. The van der Waals surface area contributed by atoms with Crippen LogP contribution in [0.1, 0.15) is 99.0 Å². The van der Waals surface area contributed by atoms with Crippen LogP contribution in [0.5, 0.6) is 5.75 Å². The van der Waals surface area contributed by atoms with E-state index in [-0.39, 0.29) is 5.97 Å². The van der Waals surface area contributed by atoms with Gasteiger partial charge in [-0.05, 0) is 85.8 Å². The first-order valence-electron chi connectivity index (χ1n) is 11.6. The summed E-state index contributed by atoms with van der Waals surface area (Å²) in [7, 11) is 0. The first-order valence-corrected chi connectivity index (χ1v) is 11.6. The van der Waals surface area contributed by atoms with Gasteiger partial charge in [-0.2, -0.15) is 0 Å². The van der Waals surface area contributed by atoms with Crippen molar-refractivity contribution in [3.8, 4) is 5.75 Å². The van der Waals surface area contributed by atoms with E-state index in [1.807, 2.05) is 24.3 Å². The summed E-state index contributed by atoms with van der Waals surface area (Å²) >= 11 is 0. The van der Waals surface area contributed by atoms with Crippen molar-refractivity contribution in [2.75, 3.05) is 0 Å². The molecule has 1 saturated carbocycles. The SMILES string of the molecule is CCCCc1ccc(OC(=O)c2ccc(C3CCC(CCCC)CC3)cc2)cc1. The zero-order valence-corrected chi connectivity index (χ0v) is 18.2. The molecule has 0 amide bonds. The van der Waals surface area contributed by atoms with Gasteiger partial charge in [0.05, 0.1) is 5.56 Å². The van der Waals surface area contributed by atoms with Gasteiger partial charge in [-0.3, -0.25) is 0 Å². The molecule has 2 aromatic rings. The summed E-state index contributed by atoms with van der Waals surface area (Å²) in [6.45, 7) is 4.47. The topological polar surface area (TPSA) is 26.3 Å². The lowest BCUT2D eigenvalue weighted by molar-refractivity contribution is 0.0734. The van der Waals surface area contributed by atoms with E-state index in [1.54, 1.807) is 0 Å². The van der Waals surface area contributed by atoms with Crippen LogP contribution >= 0.6 is 0 Å². The number of carbonyl (C=O) groups is 1. The number of hydrogen-bond donors (Lipinski definition) is 0. The van der Waals surface area contributed by atoms with Crippen LogP contribution in [0.15, 0.2) is 48.5 Å². The van der Waals surface area contributed by atoms with E-state index >= 15 is 0 Å². The van der Waals surface area contributed by atoms with Gasteiger partial charge in [0, 0.05) is 0 Å². The normalized spacial score (nSPS) is 19.1. The molecule has 0 bridgehead atoms. The van der Waals surface area contributed by atoms with Crippen LogP contribution < -0.4 is 4.74 Å². The fraction of sp³-hybridized carbons (Fsp3) is 0.519. The Labute approximate surface area is 176 Å². The standard InChI is InChI=1S/C27H36O2/c1-3-5-7-21-9-13-23(14-10-21)24-15-17-25(18-16-24)27(28)29-26-19-11-22(12-20-26)8-6-4-2/h11-12,15-21,23H,3-10,13-14H2,1-2H3. The van der Waals surface area contributed by atoms with Gasteiger partial charge in [0.1, 0.15) is 5.75 Å². The Hall–Kier alpha value is -2.09. The highest BCUT2D eigenvalue weighted by atomic mass is 16.5. The predicted octanol–water partition coefficient (Wildman–Crippen LogP) is 7.71. The Morgan fingerprint density at radius 2 is 1.52 bits per heavy atom. The minimum atomic E-state index is -0.277. The molecule has 29 heavy (non-hydrogen) atoms. The van der Waals surface area contributed by atoms with Crippen molar-refractivity contribution < 1.29 is 9.53 Å². The maximum atomic E-state index is 12.5. The van der Waals surface area contributed by atoms with E-state index < -0.39 is 0 Å². The third kappa shape index (κ3) is 6.45. The van der Waals surface area contributed by atoms with Crippen LogP contribution in [0.4, 0.5) is 0 Å². The molecule has 2 heteroatoms. The van der Waals surface area contributed by atoms with Crippen LogP contribution in [0.3, 0.4) is 0 Å². The molecule has 0 aromatic heterocycles. The summed E-state index contributed by atoms with van der Waals surface area (Å²) in [6.07, 6.45) is 12.8. The Kier molecular flexibility index (Phi) is 8.34. The van der Waals surface area contributed by atoms with E-state index in [0.717, 1.165) is 12.3 Å². The number of ether oxygens (including phenoxy) is 1. The number of unbranched alkanes of at least 4 members (excludes halogenated alkanes) is 2. The zero-order valence-electron chi connectivity index (χ0n) is 18.2. The molecular weight excluding hydrogens is 356 g/mol. The second-order valence-corrected chi connectivity index (χ2v) is 8.62. The molecule has 2 aromatic carbocycles. The maximum absolute atomic E-state index is 12.5. The highest BCUT2D eigenvalue weighted by Gasteiger charge is 2.22. The lowest BCUT2D eigenvalue weighted by atomic mass is 9.77. The van der Waals surface area contributed by atoms with E-state index in [4.69, 9.17) is 4.74 Å². The average Bonchev–Trinajstić information content (AvgIpc) is 2.77. The van der Waals surface area contributed by atoms with Gasteiger partial charge in [-0.25, -0.2) is 4.79 Å². The molecule has 0 atom stereocenters. The smallest absolute Gasteiger partial charge is 0.343 e. The van der Waals surface area contributed by atoms with Gasteiger partial charge >= 0.3 is 5.97 Å². The Balaban J connectivity index is 1.51. The highest BCUT2D eigenvalue weighted by Crippen LogP contribution is 2.37. The Morgan fingerprint density at radius 3 is 2.14 bits per heavy atom. The highest BCUT2D eigenvalue weighted by molar-refractivity contribution is 5.91. The lowest BCUT2D eigenvalue weighted by Crippen LogP contribution is -2.14. The van der Waals surface area contributed by atoms with Crippen molar-refractivity contribution in [3.63, 3.8) is 0 Å². The minimum absolute atomic E-state index is 0.277. The molecule has 1 aliphatic rings. The molecule has 3 rings (SSSR count). The first-order chi connectivity index (χ1) is 14.2. The summed E-state index contributed by atoms with van der Waals surface area (Å²) in [6, 6.07) is 16.0. The van der Waals surface area contributed by atoms with E-state index in [2.05, 4.69) is 38.1 Å². The average molecular weight is 393 g/mol. The van der Waals surface area contributed by atoms with E-state index in [9.17, 15) is 4.79 Å². The largest absolute Gasteiger partial charge is 0.423 e. The quantitative estimate of drug-likeness (QED) is 0.322. The van der Waals surface area contributed by atoms with Crippen LogP contribution in [-0.2, 0) is 6.42 Å². The van der Waals surface area contributed by atoms with Crippen LogP contribution in [-0.4, -0.2) is 5.97 Å². The Bertz CT molecular complexity index is 737. The van der Waals surface area contributed by atoms with Crippen molar-refractivity contribution in [1.29, 1.82) is 0 Å². The van der Waals surface area contributed by atoms with Crippen LogP contribution in [0, 0.1) is 5.92 Å². The molecule has 1 aliphatic carbocycles. The molecule has 0 unspecified atom stereocenters. The third-order valence-corrected chi connectivity index (χ3v) is 6.38. The van der Waals surface area contributed by atoms with Crippen LogP contribution in [0.2, 0.25) is 0 Å². The van der Waals surface area contributed by atoms with Gasteiger partial charge in [-0.1, -0.05) is 63.8 Å². The lowest BCUT2D eigenvalue weighted by Gasteiger charge is -2.28. The van der Waals surface area contributed by atoms with Crippen molar-refractivity contribution in [3.05, 3.63) is 65.2 Å². The molecule has 0 saturated heterocycles. The van der Waals surface area contributed by atoms with Crippen molar-refractivity contribution in [2.24, 2.45) is 5.92 Å². The minimum Gasteiger partial charge on any atom is -0.423 e. The molecule has 0 heterocycles. The van der Waals surface area contributed by atoms with Gasteiger partial charge in [-0.15, -0.1) is 0 Å². The van der Waals surface area contributed by atoms with Crippen molar-refractivity contribution in [1.82, 2.24) is 0 Å². The molecule has 0 N–H and O–H groups in total. The predicted molar refractivity (Wildman–Crippen MR) is 121 cm³/mol. The van der Waals surface area contributed by atoms with Gasteiger partial charge in [0.15, 0.2) is 0 Å². The molecule has 1 fully saturated rings. The summed E-state index contributed by atoms with van der Waals surface area (Å²) in [5.74, 6) is 1.91. The summed E-state index contributed by atoms with van der Waals surface area (Å²) in [4.78, 5) is 12.5. The summed E-state index contributed by atoms with van der Waals surface area (Å²) in [5.41, 5.74) is 3.29. The second kappa shape index (κ2) is 11.2. The molecule has 0 spiro atoms. The summed E-state index contributed by atoms with van der Waals surface area (Å²) in [5, 5.41) is 0. The van der Waals surface area contributed by atoms with E-state index in [1.165, 1.54) is 68.9 Å². The number of esters is 1. The second-order valence-electron chi connectivity index (χ2n) is 8.62. The summed E-state index contributed by atoms with van der Waals surface area (Å²) < 4.78 is 5.56. The molecular formula is C27H36O2. The first kappa shape index (κ1) is 21.6. The third-order valence-electron chi connectivity index (χ3n) is 6.38. The monoisotopic (exact) mass is 392 g/mol. The zero-order chi connectivity index (χ0) is 20.5. The Morgan fingerprint density at radius 1 is 0.862 bits per heavy atom. The number of aryl methyl sites for hydroxylation is 1. The van der Waals surface area contributed by atoms with Gasteiger partial charge in [0.2, 0.25) is 0 Å². The fourth-order valence-electron chi connectivity index (χ4n) is 4.44. The molecule has 0 aliphatic heterocycles. The van der Waals surface area contributed by atoms with Gasteiger partial charge in [0.25, 0.3) is 0 Å². The van der Waals surface area contributed by atoms with E-state index in [0.29, 0.717) is 17.2 Å². The van der Waals surface area contributed by atoms with Crippen molar-refractivity contribution in [2.45, 2.75) is 84.0 Å². The van der Waals surface area contributed by atoms with Crippen molar-refractivity contribution >= 4 is 5.97 Å².